The molecule has 0 saturated carbocycles. The number of amides is 1. The van der Waals surface area contributed by atoms with Crippen molar-refractivity contribution in [1.29, 1.82) is 5.41 Å². The van der Waals surface area contributed by atoms with E-state index < -0.39 is 0 Å². The lowest BCUT2D eigenvalue weighted by Crippen LogP contribution is -2.32. The molecular weight excluding hydrogens is 396 g/mol. The number of esters is 1. The summed E-state index contributed by atoms with van der Waals surface area (Å²) in [5.74, 6) is -0.260. The number of ether oxygens (including phenoxy) is 1. The fraction of sp³-hybridized carbons (Fsp3) is 0.316. The third-order valence-corrected chi connectivity index (χ3v) is 4.61. The number of amidine groups is 1. The molecule has 1 aliphatic rings. The van der Waals surface area contributed by atoms with Crippen LogP contribution in [0.3, 0.4) is 0 Å². The van der Waals surface area contributed by atoms with Crippen LogP contribution in [-0.4, -0.2) is 47.6 Å². The van der Waals surface area contributed by atoms with Crippen molar-refractivity contribution in [2.24, 2.45) is 11.7 Å². The Kier molecular flexibility index (Phi) is 7.49. The predicted molar refractivity (Wildman–Crippen MR) is 111 cm³/mol. The van der Waals surface area contributed by atoms with E-state index in [1.54, 1.807) is 12.1 Å². The molecule has 0 unspecified atom stereocenters. The summed E-state index contributed by atoms with van der Waals surface area (Å²) in [6.07, 6.45) is 0.657. The van der Waals surface area contributed by atoms with Gasteiger partial charge in [0.05, 0.1) is 25.1 Å². The van der Waals surface area contributed by atoms with Gasteiger partial charge in [-0.1, -0.05) is 24.3 Å². The summed E-state index contributed by atoms with van der Waals surface area (Å²) in [6.45, 7) is 0.491. The van der Waals surface area contributed by atoms with Crippen molar-refractivity contribution in [2.75, 3.05) is 19.0 Å². The zero-order valence-corrected chi connectivity index (χ0v) is 16.7. The fourth-order valence-electron chi connectivity index (χ4n) is 3.05. The highest BCUT2D eigenvalue weighted by Gasteiger charge is 2.33. The highest BCUT2D eigenvalue weighted by Crippen LogP contribution is 2.21. The molecule has 0 aliphatic carbocycles. The van der Waals surface area contributed by atoms with E-state index in [0.29, 0.717) is 30.0 Å². The maximum Gasteiger partial charge on any atom is 0.306 e. The van der Waals surface area contributed by atoms with Gasteiger partial charge in [0.1, 0.15) is 11.7 Å². The highest BCUT2D eigenvalue weighted by atomic mass is 35.5. The number of carbonyl (C=O) groups excluding carboxylic acids is 2. The van der Waals surface area contributed by atoms with Crippen LogP contribution in [0.2, 0.25) is 0 Å². The lowest BCUT2D eigenvalue weighted by molar-refractivity contribution is -0.143. The Balaban J connectivity index is 0.00000300. The molecule has 2 atom stereocenters. The van der Waals surface area contributed by atoms with Gasteiger partial charge in [0.15, 0.2) is 0 Å². The van der Waals surface area contributed by atoms with E-state index in [-0.39, 0.29) is 48.5 Å². The van der Waals surface area contributed by atoms with Crippen LogP contribution in [-0.2, 0) is 14.3 Å². The van der Waals surface area contributed by atoms with Crippen LogP contribution in [0.1, 0.15) is 18.4 Å². The molecule has 1 fully saturated rings. The Labute approximate surface area is 174 Å². The average molecular weight is 419 g/mol. The van der Waals surface area contributed by atoms with Gasteiger partial charge < -0.3 is 21.1 Å². The molecule has 0 radical (unpaired) electrons. The first-order valence-corrected chi connectivity index (χ1v) is 8.86. The van der Waals surface area contributed by atoms with E-state index in [9.17, 15) is 9.59 Å². The van der Waals surface area contributed by atoms with Crippen molar-refractivity contribution in [2.45, 2.75) is 18.9 Å². The van der Waals surface area contributed by atoms with Gasteiger partial charge in [-0.2, -0.15) is 0 Å². The maximum absolute atomic E-state index is 11.9. The minimum absolute atomic E-state index is 0. The molecule has 0 bridgehead atoms. The molecule has 1 aromatic heterocycles. The van der Waals surface area contributed by atoms with E-state index in [0.717, 1.165) is 5.56 Å². The normalized spacial score (nSPS) is 17.8. The molecule has 1 aliphatic heterocycles. The second-order valence-electron chi connectivity index (χ2n) is 6.59. The maximum atomic E-state index is 11.9. The van der Waals surface area contributed by atoms with Crippen molar-refractivity contribution >= 4 is 35.9 Å². The summed E-state index contributed by atoms with van der Waals surface area (Å²) in [5, 5.41) is 21.8. The number of aromatic nitrogens is 2. The quantitative estimate of drug-likeness (QED) is 0.301. The first-order chi connectivity index (χ1) is 13.5. The molecule has 1 aromatic carbocycles. The van der Waals surface area contributed by atoms with Crippen LogP contribution >= 0.6 is 12.4 Å². The van der Waals surface area contributed by atoms with Crippen LogP contribution in [0.5, 0.6) is 0 Å². The Morgan fingerprint density at radius 1 is 1.28 bits per heavy atom. The number of carbonyl (C=O) groups is 2. The van der Waals surface area contributed by atoms with Crippen molar-refractivity contribution in [3.05, 3.63) is 42.0 Å². The summed E-state index contributed by atoms with van der Waals surface area (Å²) in [5.41, 5.74) is 7.68. The van der Waals surface area contributed by atoms with E-state index in [2.05, 4.69) is 25.6 Å². The number of anilines is 1. The number of halogens is 1. The third-order valence-electron chi connectivity index (χ3n) is 4.61. The summed E-state index contributed by atoms with van der Waals surface area (Å²) < 4.78 is 4.62. The van der Waals surface area contributed by atoms with Crippen LogP contribution < -0.4 is 16.4 Å². The van der Waals surface area contributed by atoms with Gasteiger partial charge in [0.25, 0.3) is 0 Å². The minimum atomic E-state index is -0.383. The Hall–Kier alpha value is -3.20. The second-order valence-corrected chi connectivity index (χ2v) is 6.59. The number of nitrogens with two attached hydrogens (primary N) is 1. The van der Waals surface area contributed by atoms with E-state index >= 15 is 0 Å². The van der Waals surface area contributed by atoms with Crippen molar-refractivity contribution in [1.82, 2.24) is 15.5 Å². The van der Waals surface area contributed by atoms with Gasteiger partial charge in [0.2, 0.25) is 5.91 Å². The topological polar surface area (TPSA) is 143 Å². The molecule has 3 rings (SSSR count). The van der Waals surface area contributed by atoms with E-state index in [1.807, 2.05) is 24.3 Å². The average Bonchev–Trinajstić information content (AvgIpc) is 3.06. The van der Waals surface area contributed by atoms with Crippen LogP contribution in [0.15, 0.2) is 36.4 Å². The molecule has 2 aromatic rings. The van der Waals surface area contributed by atoms with Gasteiger partial charge in [-0.25, -0.2) is 0 Å². The van der Waals surface area contributed by atoms with E-state index in [4.69, 9.17) is 11.1 Å². The molecular formula is C19H23ClN6O3. The molecule has 10 heteroatoms. The number of nitrogen functional groups attached to an aromatic ring is 1. The Bertz CT molecular complexity index is 873. The number of rotatable bonds is 7. The number of hydrogen-bond donors (Lipinski definition) is 4. The van der Waals surface area contributed by atoms with Crippen molar-refractivity contribution in [3.63, 3.8) is 0 Å². The zero-order valence-electron chi connectivity index (χ0n) is 15.8. The largest absolute Gasteiger partial charge is 0.469 e. The number of methoxy groups -OCH3 is 1. The first kappa shape index (κ1) is 22.1. The van der Waals surface area contributed by atoms with Gasteiger partial charge >= 0.3 is 5.97 Å². The molecule has 2 heterocycles. The summed E-state index contributed by atoms with van der Waals surface area (Å²) in [4.78, 5) is 23.3. The highest BCUT2D eigenvalue weighted by molar-refractivity contribution is 5.95. The van der Waals surface area contributed by atoms with Gasteiger partial charge in [-0.15, -0.1) is 22.6 Å². The van der Waals surface area contributed by atoms with Gasteiger partial charge in [-0.3, -0.25) is 15.0 Å². The lowest BCUT2D eigenvalue weighted by atomic mass is 10.0. The number of nitrogens with one attached hydrogen (secondary N) is 3. The molecule has 1 amide bonds. The van der Waals surface area contributed by atoms with Crippen molar-refractivity contribution in [3.8, 4) is 11.3 Å². The smallest absolute Gasteiger partial charge is 0.306 e. The monoisotopic (exact) mass is 418 g/mol. The summed E-state index contributed by atoms with van der Waals surface area (Å²) >= 11 is 0. The lowest BCUT2D eigenvalue weighted by Gasteiger charge is -2.11. The van der Waals surface area contributed by atoms with Crippen LogP contribution in [0.4, 0.5) is 5.82 Å². The van der Waals surface area contributed by atoms with Crippen LogP contribution in [0.25, 0.3) is 11.3 Å². The first-order valence-electron chi connectivity index (χ1n) is 8.86. The summed E-state index contributed by atoms with van der Waals surface area (Å²) in [6, 6.07) is 10.8. The minimum Gasteiger partial charge on any atom is -0.469 e. The van der Waals surface area contributed by atoms with E-state index in [1.165, 1.54) is 7.11 Å². The number of nitrogens with zero attached hydrogens (tertiary/aromatic N) is 2. The second kappa shape index (κ2) is 9.83. The third kappa shape index (κ3) is 5.64. The van der Waals surface area contributed by atoms with Gasteiger partial charge in [-0.05, 0) is 18.6 Å². The van der Waals surface area contributed by atoms with Gasteiger partial charge in [0, 0.05) is 23.7 Å². The predicted octanol–water partition coefficient (Wildman–Crippen LogP) is 1.33. The molecule has 5 N–H and O–H groups in total. The number of hydrogen-bond acceptors (Lipinski definition) is 7. The summed E-state index contributed by atoms with van der Waals surface area (Å²) in [7, 11) is 1.31. The molecule has 0 spiro atoms. The molecule has 29 heavy (non-hydrogen) atoms. The molecule has 154 valence electrons. The van der Waals surface area contributed by atoms with Crippen molar-refractivity contribution < 1.29 is 14.3 Å². The zero-order chi connectivity index (χ0) is 20.1. The standard InChI is InChI=1S/C19H22N6O3.ClH/c1-28-17(26)9-13-8-14(23-19(13)27)10-22-16-7-6-15(24-25-16)11-2-4-12(5-3-11)18(20)21;/h2-7,13-14H,8-10H2,1H3,(H3,20,21)(H,22,25)(H,23,27);1H/t13-,14-;/m0./s1. The van der Waals surface area contributed by atoms with Crippen LogP contribution in [0, 0.1) is 11.3 Å². The Morgan fingerprint density at radius 3 is 2.59 bits per heavy atom. The number of benzene rings is 1. The SMILES string of the molecule is COC(=O)C[C@@H]1C[C@@H](CNc2ccc(-c3ccc(C(=N)N)cc3)nn2)NC1=O.Cl. The fourth-order valence-corrected chi connectivity index (χ4v) is 3.05. The Morgan fingerprint density at radius 2 is 2.00 bits per heavy atom. The molecule has 9 nitrogen and oxygen atoms in total. The molecule has 1 saturated heterocycles.